The fourth-order valence-electron chi connectivity index (χ4n) is 0.448. The van der Waals surface area contributed by atoms with Crippen molar-refractivity contribution in [3.8, 4) is 0 Å². The Morgan fingerprint density at radius 2 is 2.25 bits per heavy atom. The predicted octanol–water partition coefficient (Wildman–Crippen LogP) is 2.64. The molecular weight excluding hydrogens is 234 g/mol. The summed E-state index contributed by atoms with van der Waals surface area (Å²) in [4.78, 5) is 3.01. The van der Waals surface area contributed by atoms with Gasteiger partial charge >= 0.3 is 0 Å². The molecule has 1 radical (unpaired) electrons. The van der Waals surface area contributed by atoms with Gasteiger partial charge in [-0.25, -0.2) is 0 Å². The molecule has 1 heterocycles. The van der Waals surface area contributed by atoms with Crippen molar-refractivity contribution in [2.75, 3.05) is 0 Å². The zero-order valence-corrected chi connectivity index (χ0v) is 7.16. The van der Waals surface area contributed by atoms with Crippen LogP contribution in [0.4, 0.5) is 0 Å². The number of rotatable bonds is 1. The van der Waals surface area contributed by atoms with E-state index in [1.807, 2.05) is 18.3 Å². The Morgan fingerprint density at radius 1 is 1.50 bits per heavy atom. The highest BCUT2D eigenvalue weighted by Crippen LogP contribution is 2.25. The van der Waals surface area contributed by atoms with E-state index in [1.54, 1.807) is 0 Å². The maximum Gasteiger partial charge on any atom is 0.150 e. The van der Waals surface area contributed by atoms with E-state index in [2.05, 4.69) is 36.8 Å². The van der Waals surface area contributed by atoms with Gasteiger partial charge in [0.2, 0.25) is 0 Å². The van der Waals surface area contributed by atoms with E-state index < -0.39 is 0 Å². The molecule has 0 bridgehead atoms. The molecule has 1 rings (SSSR count). The van der Waals surface area contributed by atoms with Crippen LogP contribution in [0.1, 0.15) is 5.69 Å². The number of aromatic nitrogens is 1. The first-order valence-corrected chi connectivity index (χ1v) is 3.71. The van der Waals surface area contributed by atoms with Gasteiger partial charge in [-0.1, -0.05) is 31.9 Å². The van der Waals surface area contributed by atoms with Crippen LogP contribution in [-0.4, -0.2) is 4.98 Å². The number of nitrogens with one attached hydrogen (secondary N) is 1. The van der Waals surface area contributed by atoms with Crippen LogP contribution in [0.3, 0.4) is 0 Å². The highest BCUT2D eigenvalue weighted by molar-refractivity contribution is 9.27. The molecule has 0 saturated heterocycles. The standard InChI is InChI=1S/C5H4Br2N/c6-5(7)4-2-1-3-8-4/h1-3,8H. The Bertz CT molecular complexity index is 145. The number of H-pyrrole nitrogens is 1. The maximum absolute atomic E-state index is 3.26. The molecule has 0 aliphatic carbocycles. The lowest BCUT2D eigenvalue weighted by Gasteiger charge is -1.91. The average Bonchev–Trinajstić information content (AvgIpc) is 2.12. The molecule has 43 valence electrons. The monoisotopic (exact) mass is 236 g/mol. The summed E-state index contributed by atoms with van der Waals surface area (Å²) in [5, 5.41) is 0. The third kappa shape index (κ3) is 1.36. The lowest BCUT2D eigenvalue weighted by atomic mass is 10.5. The molecule has 0 aromatic carbocycles. The van der Waals surface area contributed by atoms with Crippen LogP contribution in [0.5, 0.6) is 0 Å². The predicted molar refractivity (Wildman–Crippen MR) is 41.0 cm³/mol. The molecule has 0 fully saturated rings. The van der Waals surface area contributed by atoms with Crippen molar-refractivity contribution in [3.63, 3.8) is 0 Å². The first-order valence-electron chi connectivity index (χ1n) is 2.12. The van der Waals surface area contributed by atoms with E-state index in [1.165, 1.54) is 0 Å². The van der Waals surface area contributed by atoms with E-state index in [-0.39, 0.29) is 0 Å². The van der Waals surface area contributed by atoms with Gasteiger partial charge in [-0.15, -0.1) is 0 Å². The second kappa shape index (κ2) is 2.69. The average molecular weight is 238 g/mol. The molecule has 0 spiro atoms. The largest absolute Gasteiger partial charge is 0.363 e. The molecule has 0 unspecified atom stereocenters. The Morgan fingerprint density at radius 3 is 2.50 bits per heavy atom. The summed E-state index contributed by atoms with van der Waals surface area (Å²) in [6, 6.07) is 3.91. The first kappa shape index (κ1) is 6.36. The molecule has 1 nitrogen and oxygen atoms in total. The van der Waals surface area contributed by atoms with Gasteiger partial charge in [0.15, 0.2) is 3.74 Å². The first-order chi connectivity index (χ1) is 3.80. The number of hydrogen-bond acceptors (Lipinski definition) is 0. The molecule has 0 aliphatic rings. The SMILES string of the molecule is Br[C](Br)c1ccc[nH]1. The fraction of sp³-hybridized carbons (Fsp3) is 0. The summed E-state index contributed by atoms with van der Waals surface area (Å²) in [5.41, 5.74) is 1.06. The summed E-state index contributed by atoms with van der Waals surface area (Å²) >= 11 is 6.53. The lowest BCUT2D eigenvalue weighted by Crippen LogP contribution is -1.76. The molecule has 0 atom stereocenters. The molecule has 1 aromatic rings. The zero-order chi connectivity index (χ0) is 5.98. The molecule has 0 amide bonds. The van der Waals surface area contributed by atoms with Crippen molar-refractivity contribution in [2.45, 2.75) is 0 Å². The molecule has 1 N–H and O–H groups in total. The van der Waals surface area contributed by atoms with E-state index in [0.717, 1.165) is 9.43 Å². The molecule has 8 heavy (non-hydrogen) atoms. The van der Waals surface area contributed by atoms with Gasteiger partial charge in [0.25, 0.3) is 0 Å². The lowest BCUT2D eigenvalue weighted by molar-refractivity contribution is 1.33. The summed E-state index contributed by atoms with van der Waals surface area (Å²) in [5.74, 6) is 0. The van der Waals surface area contributed by atoms with Crippen LogP contribution in [-0.2, 0) is 0 Å². The van der Waals surface area contributed by atoms with E-state index in [4.69, 9.17) is 0 Å². The van der Waals surface area contributed by atoms with Crippen molar-refractivity contribution in [1.29, 1.82) is 0 Å². The van der Waals surface area contributed by atoms with Crippen molar-refractivity contribution in [2.24, 2.45) is 0 Å². The smallest absolute Gasteiger partial charge is 0.150 e. The van der Waals surface area contributed by atoms with Gasteiger partial charge in [-0.2, -0.15) is 0 Å². The van der Waals surface area contributed by atoms with Crippen molar-refractivity contribution in [1.82, 2.24) is 4.98 Å². The fourth-order valence-corrected chi connectivity index (χ4v) is 0.941. The van der Waals surface area contributed by atoms with Crippen LogP contribution in [0.25, 0.3) is 0 Å². The van der Waals surface area contributed by atoms with Gasteiger partial charge in [0.1, 0.15) is 0 Å². The quantitative estimate of drug-likeness (QED) is 0.773. The van der Waals surface area contributed by atoms with Crippen molar-refractivity contribution in [3.05, 3.63) is 27.8 Å². The van der Waals surface area contributed by atoms with Crippen LogP contribution in [0.15, 0.2) is 18.3 Å². The van der Waals surface area contributed by atoms with Gasteiger partial charge in [-0.05, 0) is 12.1 Å². The minimum absolute atomic E-state index is 0.954. The Balaban J connectivity index is 2.77. The van der Waals surface area contributed by atoms with Crippen LogP contribution in [0.2, 0.25) is 0 Å². The summed E-state index contributed by atoms with van der Waals surface area (Å²) in [7, 11) is 0. The van der Waals surface area contributed by atoms with Crippen LogP contribution < -0.4 is 0 Å². The minimum Gasteiger partial charge on any atom is -0.363 e. The highest BCUT2D eigenvalue weighted by Gasteiger charge is 2.00. The van der Waals surface area contributed by atoms with E-state index in [0.29, 0.717) is 0 Å². The zero-order valence-electron chi connectivity index (χ0n) is 3.99. The minimum atomic E-state index is 0.954. The normalized spacial score (nSPS) is 10.4. The van der Waals surface area contributed by atoms with Gasteiger partial charge < -0.3 is 4.98 Å². The third-order valence-corrected chi connectivity index (χ3v) is 1.66. The van der Waals surface area contributed by atoms with E-state index in [9.17, 15) is 0 Å². The molecule has 0 aliphatic heterocycles. The summed E-state index contributed by atoms with van der Waals surface area (Å²) in [6.45, 7) is 0. The third-order valence-electron chi connectivity index (χ3n) is 0.802. The van der Waals surface area contributed by atoms with Crippen LogP contribution >= 0.6 is 31.9 Å². The van der Waals surface area contributed by atoms with Gasteiger partial charge in [0.05, 0.1) is 0 Å². The van der Waals surface area contributed by atoms with Gasteiger partial charge in [0, 0.05) is 11.9 Å². The molecule has 3 heteroatoms. The Hall–Kier alpha value is 0.240. The van der Waals surface area contributed by atoms with Crippen molar-refractivity contribution < 1.29 is 0 Å². The molecular formula is C5H4Br2N. The number of aromatic amines is 1. The Kier molecular flexibility index (Phi) is 2.14. The summed E-state index contributed by atoms with van der Waals surface area (Å²) in [6.07, 6.45) is 1.87. The van der Waals surface area contributed by atoms with Crippen molar-refractivity contribution >= 4 is 31.9 Å². The van der Waals surface area contributed by atoms with Gasteiger partial charge in [-0.3, -0.25) is 0 Å². The maximum atomic E-state index is 3.26. The number of halogens is 2. The Labute approximate surface area is 64.7 Å². The number of hydrogen-bond donors (Lipinski definition) is 1. The summed E-state index contributed by atoms with van der Waals surface area (Å²) < 4.78 is 0.954. The van der Waals surface area contributed by atoms with E-state index >= 15 is 0 Å². The molecule has 1 aromatic heterocycles. The topological polar surface area (TPSA) is 15.8 Å². The second-order valence-electron chi connectivity index (χ2n) is 1.34. The second-order valence-corrected chi connectivity index (χ2v) is 3.99. The highest BCUT2D eigenvalue weighted by atomic mass is 79.9. The van der Waals surface area contributed by atoms with Crippen LogP contribution in [0, 0.1) is 3.74 Å². The molecule has 0 saturated carbocycles.